The van der Waals surface area contributed by atoms with Gasteiger partial charge in [-0.25, -0.2) is 0 Å². The molecule has 0 unspecified atom stereocenters. The second-order valence-electron chi connectivity index (χ2n) is 8.01. The summed E-state index contributed by atoms with van der Waals surface area (Å²) in [5.41, 5.74) is 0.594. The highest BCUT2D eigenvalue weighted by Gasteiger charge is 2.32. The molecule has 1 fully saturated rings. The Hall–Kier alpha value is -2.88. The molecule has 2 amide bonds. The third-order valence-corrected chi connectivity index (χ3v) is 5.62. The van der Waals surface area contributed by atoms with Gasteiger partial charge in [-0.2, -0.15) is 5.26 Å². The molecule has 1 heterocycles. The van der Waals surface area contributed by atoms with Crippen molar-refractivity contribution in [2.75, 3.05) is 19.7 Å². The van der Waals surface area contributed by atoms with E-state index in [1.54, 1.807) is 11.8 Å². The fourth-order valence-corrected chi connectivity index (χ4v) is 3.18. The third kappa shape index (κ3) is 5.57. The van der Waals surface area contributed by atoms with E-state index < -0.39 is 24.0 Å². The normalized spacial score (nSPS) is 16.6. The Labute approximate surface area is 172 Å². The first-order chi connectivity index (χ1) is 13.7. The van der Waals surface area contributed by atoms with Crippen molar-refractivity contribution >= 4 is 17.8 Å². The van der Waals surface area contributed by atoms with Crippen LogP contribution >= 0.6 is 0 Å². The van der Waals surface area contributed by atoms with Crippen molar-refractivity contribution in [3.8, 4) is 6.07 Å². The SMILES string of the molecule is Cc1ccccc1C(=O)N1CCC(C(=O)OCC(=O)N[C@@](C)(C#N)C(C)C)CC1. The van der Waals surface area contributed by atoms with Crippen LogP contribution in [0.3, 0.4) is 0 Å². The minimum absolute atomic E-state index is 0.0289. The van der Waals surface area contributed by atoms with Gasteiger partial charge < -0.3 is 15.0 Å². The number of carbonyl (C=O) groups is 3. The average Bonchev–Trinajstić information content (AvgIpc) is 2.71. The first-order valence-corrected chi connectivity index (χ1v) is 9.91. The number of ether oxygens (including phenoxy) is 1. The highest BCUT2D eigenvalue weighted by molar-refractivity contribution is 5.95. The number of nitriles is 1. The number of carbonyl (C=O) groups excluding carboxylic acids is 3. The zero-order chi connectivity index (χ0) is 21.6. The van der Waals surface area contributed by atoms with Crippen molar-refractivity contribution in [1.29, 1.82) is 5.26 Å². The first kappa shape index (κ1) is 22.4. The van der Waals surface area contributed by atoms with Gasteiger partial charge in [0.15, 0.2) is 6.61 Å². The second-order valence-corrected chi connectivity index (χ2v) is 8.01. The maximum Gasteiger partial charge on any atom is 0.309 e. The van der Waals surface area contributed by atoms with Crippen LogP contribution in [0.2, 0.25) is 0 Å². The van der Waals surface area contributed by atoms with Crippen LogP contribution < -0.4 is 5.32 Å². The number of nitrogens with zero attached hydrogens (tertiary/aromatic N) is 2. The molecule has 0 aliphatic carbocycles. The lowest BCUT2D eigenvalue weighted by molar-refractivity contribution is -0.154. The monoisotopic (exact) mass is 399 g/mol. The van der Waals surface area contributed by atoms with Crippen LogP contribution in [-0.2, 0) is 14.3 Å². The molecule has 1 aromatic carbocycles. The number of benzene rings is 1. The van der Waals surface area contributed by atoms with Gasteiger partial charge in [0, 0.05) is 18.7 Å². The van der Waals surface area contributed by atoms with Crippen LogP contribution in [0.4, 0.5) is 0 Å². The van der Waals surface area contributed by atoms with Crippen LogP contribution in [0.15, 0.2) is 24.3 Å². The highest BCUT2D eigenvalue weighted by atomic mass is 16.5. The maximum atomic E-state index is 12.7. The molecule has 29 heavy (non-hydrogen) atoms. The molecule has 7 heteroatoms. The molecule has 1 N–H and O–H groups in total. The van der Waals surface area contributed by atoms with Gasteiger partial charge in [0.1, 0.15) is 5.54 Å². The Morgan fingerprint density at radius 1 is 1.28 bits per heavy atom. The Kier molecular flexibility index (Phi) is 7.38. The molecule has 7 nitrogen and oxygen atoms in total. The van der Waals surface area contributed by atoms with Crippen molar-refractivity contribution in [2.24, 2.45) is 11.8 Å². The van der Waals surface area contributed by atoms with Crippen molar-refractivity contribution in [3.63, 3.8) is 0 Å². The Bertz CT molecular complexity index is 807. The van der Waals surface area contributed by atoms with Crippen LogP contribution in [-0.4, -0.2) is 47.9 Å². The number of aryl methyl sites for hydroxylation is 1. The Morgan fingerprint density at radius 2 is 1.90 bits per heavy atom. The number of rotatable bonds is 6. The molecule has 1 atom stereocenters. The summed E-state index contributed by atoms with van der Waals surface area (Å²) in [6, 6.07) is 9.53. The predicted molar refractivity (Wildman–Crippen MR) is 108 cm³/mol. The number of piperidine rings is 1. The summed E-state index contributed by atoms with van der Waals surface area (Å²) in [6.07, 6.45) is 1.000. The van der Waals surface area contributed by atoms with E-state index in [2.05, 4.69) is 11.4 Å². The molecule has 2 rings (SSSR count). The van der Waals surface area contributed by atoms with E-state index in [1.807, 2.05) is 45.0 Å². The van der Waals surface area contributed by atoms with Gasteiger partial charge in [0.05, 0.1) is 12.0 Å². The van der Waals surface area contributed by atoms with E-state index in [0.717, 1.165) is 5.56 Å². The van der Waals surface area contributed by atoms with Crippen LogP contribution in [0.5, 0.6) is 0 Å². The van der Waals surface area contributed by atoms with Gasteiger partial charge in [-0.1, -0.05) is 32.0 Å². The summed E-state index contributed by atoms with van der Waals surface area (Å²) in [6.45, 7) is 7.74. The molecule has 1 aromatic rings. The summed E-state index contributed by atoms with van der Waals surface area (Å²) in [5.74, 6) is -1.38. The van der Waals surface area contributed by atoms with E-state index in [1.165, 1.54) is 0 Å². The van der Waals surface area contributed by atoms with Gasteiger partial charge in [-0.05, 0) is 44.2 Å². The molecular formula is C22H29N3O4. The van der Waals surface area contributed by atoms with Gasteiger partial charge in [0.2, 0.25) is 0 Å². The highest BCUT2D eigenvalue weighted by Crippen LogP contribution is 2.21. The number of likely N-dealkylation sites (tertiary alicyclic amines) is 1. The topological polar surface area (TPSA) is 99.5 Å². The molecular weight excluding hydrogens is 370 g/mol. The van der Waals surface area contributed by atoms with Crippen LogP contribution in [0, 0.1) is 30.1 Å². The fraction of sp³-hybridized carbons (Fsp3) is 0.545. The zero-order valence-corrected chi connectivity index (χ0v) is 17.5. The number of esters is 1. The standard InChI is InChI=1S/C22H29N3O4/c1-15(2)22(4,14-23)24-19(26)13-29-21(28)17-9-11-25(12-10-17)20(27)18-8-6-5-7-16(18)3/h5-8,15,17H,9-13H2,1-4H3,(H,24,26)/t22-/m0/s1. The first-order valence-electron chi connectivity index (χ1n) is 9.91. The summed E-state index contributed by atoms with van der Waals surface area (Å²) in [5, 5.41) is 11.9. The van der Waals surface area contributed by atoms with E-state index in [0.29, 0.717) is 31.5 Å². The average molecular weight is 399 g/mol. The number of amides is 2. The van der Waals surface area contributed by atoms with E-state index in [9.17, 15) is 19.6 Å². The van der Waals surface area contributed by atoms with Crippen LogP contribution in [0.1, 0.15) is 49.5 Å². The molecule has 1 saturated heterocycles. The lowest BCUT2D eigenvalue weighted by Crippen LogP contribution is -2.50. The van der Waals surface area contributed by atoms with E-state index in [4.69, 9.17) is 4.74 Å². The molecule has 1 aliphatic rings. The number of hydrogen-bond donors (Lipinski definition) is 1. The lowest BCUT2D eigenvalue weighted by Gasteiger charge is -2.31. The minimum atomic E-state index is -1.01. The quantitative estimate of drug-likeness (QED) is 0.741. The van der Waals surface area contributed by atoms with Crippen LogP contribution in [0.25, 0.3) is 0 Å². The Balaban J connectivity index is 1.82. The number of hydrogen-bond acceptors (Lipinski definition) is 5. The summed E-state index contributed by atoms with van der Waals surface area (Å²) >= 11 is 0. The molecule has 0 saturated carbocycles. The van der Waals surface area contributed by atoms with Crippen molar-refractivity contribution < 1.29 is 19.1 Å². The largest absolute Gasteiger partial charge is 0.455 e. The second kappa shape index (κ2) is 9.55. The zero-order valence-electron chi connectivity index (χ0n) is 17.5. The van der Waals surface area contributed by atoms with E-state index in [-0.39, 0.29) is 17.7 Å². The molecule has 1 aliphatic heterocycles. The minimum Gasteiger partial charge on any atom is -0.455 e. The fourth-order valence-electron chi connectivity index (χ4n) is 3.18. The third-order valence-electron chi connectivity index (χ3n) is 5.62. The maximum absolute atomic E-state index is 12.7. The van der Waals surface area contributed by atoms with Crippen molar-refractivity contribution in [3.05, 3.63) is 35.4 Å². The molecule has 0 bridgehead atoms. The summed E-state index contributed by atoms with van der Waals surface area (Å²) in [7, 11) is 0. The molecule has 156 valence electrons. The Morgan fingerprint density at radius 3 is 2.45 bits per heavy atom. The van der Waals surface area contributed by atoms with Crippen molar-refractivity contribution in [1.82, 2.24) is 10.2 Å². The summed E-state index contributed by atoms with van der Waals surface area (Å²) < 4.78 is 5.15. The van der Waals surface area contributed by atoms with Gasteiger partial charge in [-0.15, -0.1) is 0 Å². The van der Waals surface area contributed by atoms with Gasteiger partial charge >= 0.3 is 5.97 Å². The smallest absolute Gasteiger partial charge is 0.309 e. The predicted octanol–water partition coefficient (Wildman–Crippen LogP) is 2.44. The molecule has 0 aromatic heterocycles. The van der Waals surface area contributed by atoms with Gasteiger partial charge in [0.25, 0.3) is 11.8 Å². The number of nitrogens with one attached hydrogen (secondary N) is 1. The van der Waals surface area contributed by atoms with E-state index >= 15 is 0 Å². The lowest BCUT2D eigenvalue weighted by atomic mass is 9.90. The van der Waals surface area contributed by atoms with Gasteiger partial charge in [-0.3, -0.25) is 14.4 Å². The summed E-state index contributed by atoms with van der Waals surface area (Å²) in [4.78, 5) is 38.8. The molecule has 0 radical (unpaired) electrons. The molecule has 0 spiro atoms. The van der Waals surface area contributed by atoms with Crippen molar-refractivity contribution in [2.45, 2.75) is 46.1 Å².